The average Bonchev–Trinajstić information content (AvgIpc) is 3.11. The van der Waals surface area contributed by atoms with Crippen LogP contribution in [0.25, 0.3) is 16.2 Å². The first kappa shape index (κ1) is 16.3. The van der Waals surface area contributed by atoms with E-state index in [-0.39, 0.29) is 0 Å². The first-order chi connectivity index (χ1) is 11.5. The Kier molecular flexibility index (Phi) is 4.19. The number of imidazole rings is 1. The van der Waals surface area contributed by atoms with Crippen molar-refractivity contribution in [2.45, 2.75) is 20.3 Å². The summed E-state index contributed by atoms with van der Waals surface area (Å²) >= 11 is 1.19. The monoisotopic (exact) mass is 346 g/mol. The summed E-state index contributed by atoms with van der Waals surface area (Å²) in [7, 11) is 3.19. The van der Waals surface area contributed by atoms with E-state index >= 15 is 0 Å². The Morgan fingerprint density at radius 2 is 2.00 bits per heavy atom. The lowest BCUT2D eigenvalue weighted by Crippen LogP contribution is -2.00. The molecule has 3 aromatic rings. The second kappa shape index (κ2) is 6.16. The number of benzene rings is 1. The molecule has 0 spiro atoms. The van der Waals surface area contributed by atoms with Gasteiger partial charge in [0.05, 0.1) is 25.6 Å². The number of carboxylic acids is 1. The van der Waals surface area contributed by atoms with Crippen molar-refractivity contribution in [3.8, 4) is 22.8 Å². The van der Waals surface area contributed by atoms with Crippen molar-refractivity contribution < 1.29 is 19.4 Å². The third-order valence-electron chi connectivity index (χ3n) is 3.99. The molecule has 6 nitrogen and oxygen atoms in total. The van der Waals surface area contributed by atoms with Crippen molar-refractivity contribution in [1.82, 2.24) is 9.38 Å². The average molecular weight is 346 g/mol. The molecule has 0 unspecified atom stereocenters. The van der Waals surface area contributed by atoms with Crippen LogP contribution in [0, 0.1) is 6.92 Å². The Hall–Kier alpha value is -2.54. The van der Waals surface area contributed by atoms with Crippen molar-refractivity contribution >= 4 is 22.3 Å². The zero-order valence-electron chi connectivity index (χ0n) is 13.9. The van der Waals surface area contributed by atoms with Crippen LogP contribution in [0.4, 0.5) is 0 Å². The summed E-state index contributed by atoms with van der Waals surface area (Å²) in [6.45, 7) is 3.84. The van der Waals surface area contributed by atoms with Crippen molar-refractivity contribution in [2.24, 2.45) is 0 Å². The Morgan fingerprint density at radius 1 is 1.29 bits per heavy atom. The van der Waals surface area contributed by atoms with Crippen LogP contribution in [0.1, 0.15) is 28.0 Å². The fraction of sp³-hybridized carbons (Fsp3) is 0.294. The predicted molar refractivity (Wildman–Crippen MR) is 92.7 cm³/mol. The molecule has 3 rings (SSSR count). The molecule has 0 saturated carbocycles. The van der Waals surface area contributed by atoms with Crippen molar-refractivity contribution in [2.75, 3.05) is 14.2 Å². The van der Waals surface area contributed by atoms with E-state index in [2.05, 4.69) is 4.98 Å². The number of rotatable bonds is 5. The highest BCUT2D eigenvalue weighted by Gasteiger charge is 2.22. The number of carboxylic acid groups (broad SMARTS) is 1. The zero-order valence-corrected chi connectivity index (χ0v) is 14.7. The number of hydrogen-bond acceptors (Lipinski definition) is 5. The quantitative estimate of drug-likeness (QED) is 0.763. The molecule has 0 aliphatic rings. The molecule has 2 heterocycles. The van der Waals surface area contributed by atoms with E-state index < -0.39 is 5.97 Å². The Balaban J connectivity index is 2.22. The second-order valence-corrected chi connectivity index (χ2v) is 6.25. The fourth-order valence-electron chi connectivity index (χ4n) is 2.85. The van der Waals surface area contributed by atoms with E-state index in [9.17, 15) is 9.90 Å². The highest BCUT2D eigenvalue weighted by Crippen LogP contribution is 2.36. The first-order valence-corrected chi connectivity index (χ1v) is 8.29. The molecule has 2 aromatic heterocycles. The molecule has 0 fully saturated rings. The highest BCUT2D eigenvalue weighted by atomic mass is 32.1. The number of methoxy groups -OCH3 is 2. The van der Waals surface area contributed by atoms with Crippen LogP contribution < -0.4 is 9.47 Å². The summed E-state index contributed by atoms with van der Waals surface area (Å²) in [5, 5.41) is 9.30. The van der Waals surface area contributed by atoms with Crippen molar-refractivity contribution in [3.63, 3.8) is 0 Å². The van der Waals surface area contributed by atoms with Crippen LogP contribution in [0.15, 0.2) is 18.2 Å². The van der Waals surface area contributed by atoms with Crippen LogP contribution >= 0.6 is 11.3 Å². The summed E-state index contributed by atoms with van der Waals surface area (Å²) < 4.78 is 12.6. The minimum absolute atomic E-state index is 0.325. The van der Waals surface area contributed by atoms with Gasteiger partial charge in [-0.2, -0.15) is 0 Å². The van der Waals surface area contributed by atoms with Gasteiger partial charge < -0.3 is 14.6 Å². The van der Waals surface area contributed by atoms with E-state index in [1.807, 2.05) is 36.4 Å². The van der Waals surface area contributed by atoms with Crippen molar-refractivity contribution in [1.29, 1.82) is 0 Å². The number of thiazole rings is 1. The molecule has 126 valence electrons. The Labute approximate surface area is 143 Å². The van der Waals surface area contributed by atoms with Gasteiger partial charge in [0.1, 0.15) is 4.88 Å². The molecule has 0 bridgehead atoms. The van der Waals surface area contributed by atoms with Gasteiger partial charge in [-0.15, -0.1) is 0 Å². The van der Waals surface area contributed by atoms with Gasteiger partial charge in [0.2, 0.25) is 0 Å². The maximum Gasteiger partial charge on any atom is 0.347 e. The van der Waals surface area contributed by atoms with E-state index in [0.29, 0.717) is 27.0 Å². The Bertz CT molecular complexity index is 926. The summed E-state index contributed by atoms with van der Waals surface area (Å²) in [6, 6.07) is 5.66. The van der Waals surface area contributed by atoms with Crippen LogP contribution in [0.2, 0.25) is 0 Å². The first-order valence-electron chi connectivity index (χ1n) is 7.48. The molecule has 0 atom stereocenters. The minimum Gasteiger partial charge on any atom is -0.493 e. The third kappa shape index (κ3) is 2.41. The van der Waals surface area contributed by atoms with Gasteiger partial charge in [0.15, 0.2) is 16.5 Å². The normalized spacial score (nSPS) is 11.0. The maximum absolute atomic E-state index is 11.3. The molecule has 0 amide bonds. The zero-order chi connectivity index (χ0) is 17.4. The number of ether oxygens (including phenoxy) is 2. The maximum atomic E-state index is 11.3. The lowest BCUT2D eigenvalue weighted by Gasteiger charge is -2.09. The van der Waals surface area contributed by atoms with Gasteiger partial charge in [-0.1, -0.05) is 18.3 Å². The number of aromatic carboxylic acids is 1. The summed E-state index contributed by atoms with van der Waals surface area (Å²) in [4.78, 5) is 17.0. The second-order valence-electron chi connectivity index (χ2n) is 5.27. The van der Waals surface area contributed by atoms with Crippen LogP contribution in [-0.2, 0) is 6.42 Å². The van der Waals surface area contributed by atoms with Gasteiger partial charge in [-0.3, -0.25) is 4.40 Å². The third-order valence-corrected chi connectivity index (χ3v) is 5.12. The van der Waals surface area contributed by atoms with E-state index in [1.54, 1.807) is 14.2 Å². The van der Waals surface area contributed by atoms with Gasteiger partial charge in [0.25, 0.3) is 0 Å². The van der Waals surface area contributed by atoms with E-state index in [0.717, 1.165) is 23.4 Å². The van der Waals surface area contributed by atoms with Crippen LogP contribution in [0.5, 0.6) is 11.5 Å². The molecule has 7 heteroatoms. The van der Waals surface area contributed by atoms with Gasteiger partial charge in [-0.25, -0.2) is 9.78 Å². The molecule has 0 aliphatic carbocycles. The largest absolute Gasteiger partial charge is 0.493 e. The number of aryl methyl sites for hydroxylation is 2. The summed E-state index contributed by atoms with van der Waals surface area (Å²) in [5.41, 5.74) is 3.44. The highest BCUT2D eigenvalue weighted by molar-refractivity contribution is 7.19. The molecule has 0 radical (unpaired) electrons. The molecule has 0 saturated heterocycles. The predicted octanol–water partition coefficient (Wildman–Crippen LogP) is 3.65. The lowest BCUT2D eigenvalue weighted by molar-refractivity contribution is 0.0701. The number of aromatic nitrogens is 2. The summed E-state index contributed by atoms with van der Waals surface area (Å²) in [6.07, 6.45) is 0.738. The minimum atomic E-state index is -0.919. The van der Waals surface area contributed by atoms with E-state index in [4.69, 9.17) is 9.47 Å². The molecule has 0 aliphatic heterocycles. The topological polar surface area (TPSA) is 73.1 Å². The van der Waals surface area contributed by atoms with Gasteiger partial charge in [-0.05, 0) is 31.5 Å². The standard InChI is InChI=1S/C17H18N2O4S/c1-5-11-14(10-6-7-12(22-3)13(8-10)23-4)18-17-19(11)9(2)15(24-17)16(20)21/h6-8H,5H2,1-4H3,(H,20,21). The van der Waals surface area contributed by atoms with Gasteiger partial charge >= 0.3 is 5.97 Å². The van der Waals surface area contributed by atoms with Crippen molar-refractivity contribution in [3.05, 3.63) is 34.5 Å². The molecule has 24 heavy (non-hydrogen) atoms. The number of fused-ring (bicyclic) bond motifs is 1. The SMILES string of the molecule is CCc1c(-c2ccc(OC)c(OC)c2)nc2sc(C(=O)O)c(C)n12. The van der Waals surface area contributed by atoms with Gasteiger partial charge in [0, 0.05) is 11.3 Å². The molecular weight excluding hydrogens is 328 g/mol. The number of hydrogen-bond donors (Lipinski definition) is 1. The van der Waals surface area contributed by atoms with Crippen LogP contribution in [0.3, 0.4) is 0 Å². The fourth-order valence-corrected chi connectivity index (χ4v) is 3.84. The smallest absolute Gasteiger partial charge is 0.347 e. The number of nitrogens with zero attached hydrogens (tertiary/aromatic N) is 2. The van der Waals surface area contributed by atoms with Crippen LogP contribution in [-0.4, -0.2) is 34.7 Å². The summed E-state index contributed by atoms with van der Waals surface area (Å²) in [5.74, 6) is 0.374. The lowest BCUT2D eigenvalue weighted by atomic mass is 10.1. The Morgan fingerprint density at radius 3 is 2.58 bits per heavy atom. The van der Waals surface area contributed by atoms with E-state index in [1.165, 1.54) is 11.3 Å². The molecule has 1 N–H and O–H groups in total. The molecular formula is C17H18N2O4S. The number of carbonyl (C=O) groups is 1. The molecule has 1 aromatic carbocycles.